The summed E-state index contributed by atoms with van der Waals surface area (Å²) in [6.07, 6.45) is 2.27. The van der Waals surface area contributed by atoms with Gasteiger partial charge in [-0.25, -0.2) is 0 Å². The molecule has 0 bridgehead atoms. The third kappa shape index (κ3) is 4.77. The van der Waals surface area contributed by atoms with Crippen LogP contribution in [0.4, 0.5) is 0 Å². The number of nitrogens with zero attached hydrogens (tertiary/aromatic N) is 4. The number of para-hydroxylation sites is 1. The van der Waals surface area contributed by atoms with Crippen LogP contribution in [-0.2, 0) is 4.79 Å². The molecule has 0 spiro atoms. The monoisotopic (exact) mass is 436 g/mol. The molecule has 0 N–H and O–H groups in total. The van der Waals surface area contributed by atoms with Crippen molar-refractivity contribution in [2.75, 3.05) is 26.0 Å². The summed E-state index contributed by atoms with van der Waals surface area (Å²) in [6, 6.07) is 16.0. The maximum atomic E-state index is 12.8. The largest absolute Gasteiger partial charge is 0.496 e. The SMILES string of the molecule is COc1ccccc1-c1nnc(SCC(=O)N2CCCC(C)C2)n1-c1ccc(C)cc1. The molecule has 4 rings (SSSR count). The Balaban J connectivity index is 1.65. The Morgan fingerprint density at radius 1 is 1.16 bits per heavy atom. The highest BCUT2D eigenvalue weighted by molar-refractivity contribution is 7.99. The molecule has 1 unspecified atom stereocenters. The molecule has 1 amide bonds. The number of amides is 1. The Kier molecular flexibility index (Phi) is 6.61. The van der Waals surface area contributed by atoms with Gasteiger partial charge < -0.3 is 9.64 Å². The summed E-state index contributed by atoms with van der Waals surface area (Å²) in [5.74, 6) is 2.51. The number of rotatable bonds is 6. The Hall–Kier alpha value is -2.80. The highest BCUT2D eigenvalue weighted by atomic mass is 32.2. The van der Waals surface area contributed by atoms with Crippen LogP contribution in [0.15, 0.2) is 53.7 Å². The number of aromatic nitrogens is 3. The molecule has 0 radical (unpaired) electrons. The molecule has 162 valence electrons. The van der Waals surface area contributed by atoms with Gasteiger partial charge in [-0.05, 0) is 49.9 Å². The third-order valence-electron chi connectivity index (χ3n) is 5.61. The molecular weight excluding hydrogens is 408 g/mol. The molecule has 2 aromatic carbocycles. The van der Waals surface area contributed by atoms with Gasteiger partial charge in [0.1, 0.15) is 5.75 Å². The van der Waals surface area contributed by atoms with Crippen LogP contribution in [0, 0.1) is 12.8 Å². The number of hydrogen-bond donors (Lipinski definition) is 0. The average Bonchev–Trinajstić information content (AvgIpc) is 3.21. The van der Waals surface area contributed by atoms with Crippen molar-refractivity contribution in [1.29, 1.82) is 0 Å². The number of aryl methyl sites for hydroxylation is 1. The van der Waals surface area contributed by atoms with Crippen molar-refractivity contribution < 1.29 is 9.53 Å². The number of benzene rings is 2. The summed E-state index contributed by atoms with van der Waals surface area (Å²) in [6.45, 7) is 5.96. The number of carbonyl (C=O) groups excluding carboxylic acids is 1. The molecule has 6 nitrogen and oxygen atoms in total. The van der Waals surface area contributed by atoms with E-state index in [1.807, 2.05) is 33.7 Å². The van der Waals surface area contributed by atoms with E-state index in [4.69, 9.17) is 4.74 Å². The molecule has 1 atom stereocenters. The number of methoxy groups -OCH3 is 1. The van der Waals surface area contributed by atoms with Crippen molar-refractivity contribution in [3.63, 3.8) is 0 Å². The number of ether oxygens (including phenoxy) is 1. The summed E-state index contributed by atoms with van der Waals surface area (Å²) in [5.41, 5.74) is 3.00. The van der Waals surface area contributed by atoms with Crippen LogP contribution in [0.1, 0.15) is 25.3 Å². The highest BCUT2D eigenvalue weighted by Crippen LogP contribution is 2.33. The van der Waals surface area contributed by atoms with Crippen molar-refractivity contribution >= 4 is 17.7 Å². The average molecular weight is 437 g/mol. The Morgan fingerprint density at radius 2 is 1.94 bits per heavy atom. The smallest absolute Gasteiger partial charge is 0.233 e. The van der Waals surface area contributed by atoms with E-state index in [0.717, 1.165) is 36.5 Å². The summed E-state index contributed by atoms with van der Waals surface area (Å²) in [4.78, 5) is 14.8. The van der Waals surface area contributed by atoms with Gasteiger partial charge in [0.05, 0.1) is 18.4 Å². The second-order valence-electron chi connectivity index (χ2n) is 8.05. The Morgan fingerprint density at radius 3 is 2.68 bits per heavy atom. The number of likely N-dealkylation sites (tertiary alicyclic amines) is 1. The number of thioether (sulfide) groups is 1. The quantitative estimate of drug-likeness (QED) is 0.529. The van der Waals surface area contributed by atoms with E-state index in [0.29, 0.717) is 22.7 Å². The minimum Gasteiger partial charge on any atom is -0.496 e. The van der Waals surface area contributed by atoms with E-state index in [1.165, 1.54) is 23.7 Å². The fourth-order valence-electron chi connectivity index (χ4n) is 3.93. The molecule has 1 saturated heterocycles. The van der Waals surface area contributed by atoms with E-state index in [9.17, 15) is 4.79 Å². The van der Waals surface area contributed by atoms with E-state index >= 15 is 0 Å². The van der Waals surface area contributed by atoms with Crippen LogP contribution in [0.25, 0.3) is 17.1 Å². The molecule has 0 saturated carbocycles. The van der Waals surface area contributed by atoms with Gasteiger partial charge in [0.15, 0.2) is 11.0 Å². The summed E-state index contributed by atoms with van der Waals surface area (Å²) in [5, 5.41) is 9.63. The molecule has 2 heterocycles. The van der Waals surface area contributed by atoms with Crippen molar-refractivity contribution in [1.82, 2.24) is 19.7 Å². The highest BCUT2D eigenvalue weighted by Gasteiger charge is 2.23. The topological polar surface area (TPSA) is 60.3 Å². The first-order valence-electron chi connectivity index (χ1n) is 10.6. The molecule has 31 heavy (non-hydrogen) atoms. The maximum Gasteiger partial charge on any atom is 0.233 e. The molecular formula is C24H28N4O2S. The second kappa shape index (κ2) is 9.56. The molecule has 1 aliphatic heterocycles. The van der Waals surface area contributed by atoms with Crippen LogP contribution in [-0.4, -0.2) is 51.5 Å². The molecule has 3 aromatic rings. The van der Waals surface area contributed by atoms with Gasteiger partial charge >= 0.3 is 0 Å². The standard InChI is InChI=1S/C24H28N4O2S/c1-17-10-12-19(13-11-17)28-23(20-8-4-5-9-21(20)30-3)25-26-24(28)31-16-22(29)27-14-6-7-18(2)15-27/h4-5,8-13,18H,6-7,14-16H2,1-3H3. The fraction of sp³-hybridized carbons (Fsp3) is 0.375. The first-order chi connectivity index (χ1) is 15.1. The molecule has 1 aromatic heterocycles. The Bertz CT molecular complexity index is 1050. The van der Waals surface area contributed by atoms with Gasteiger partial charge in [-0.2, -0.15) is 0 Å². The second-order valence-corrected chi connectivity index (χ2v) is 9.00. The maximum absolute atomic E-state index is 12.8. The van der Waals surface area contributed by atoms with E-state index in [2.05, 4.69) is 48.3 Å². The van der Waals surface area contributed by atoms with E-state index in [-0.39, 0.29) is 5.91 Å². The van der Waals surface area contributed by atoms with Crippen LogP contribution in [0.3, 0.4) is 0 Å². The fourth-order valence-corrected chi connectivity index (χ4v) is 4.78. The van der Waals surface area contributed by atoms with Gasteiger partial charge in [0.25, 0.3) is 0 Å². The van der Waals surface area contributed by atoms with E-state index < -0.39 is 0 Å². The van der Waals surface area contributed by atoms with Gasteiger partial charge in [-0.15, -0.1) is 10.2 Å². The zero-order valence-corrected chi connectivity index (χ0v) is 19.1. The molecule has 1 aliphatic rings. The van der Waals surface area contributed by atoms with Crippen molar-refractivity contribution in [3.8, 4) is 22.8 Å². The summed E-state index contributed by atoms with van der Waals surface area (Å²) >= 11 is 1.44. The normalized spacial score (nSPS) is 16.4. The van der Waals surface area contributed by atoms with Gasteiger partial charge in [-0.3, -0.25) is 9.36 Å². The minimum atomic E-state index is 0.161. The lowest BCUT2D eigenvalue weighted by atomic mass is 10.0. The van der Waals surface area contributed by atoms with Crippen LogP contribution >= 0.6 is 11.8 Å². The van der Waals surface area contributed by atoms with Gasteiger partial charge in [-0.1, -0.05) is 48.5 Å². The van der Waals surface area contributed by atoms with E-state index in [1.54, 1.807) is 7.11 Å². The number of hydrogen-bond acceptors (Lipinski definition) is 5. The zero-order chi connectivity index (χ0) is 21.8. The minimum absolute atomic E-state index is 0.161. The number of piperidine rings is 1. The zero-order valence-electron chi connectivity index (χ0n) is 18.2. The summed E-state index contributed by atoms with van der Waals surface area (Å²) < 4.78 is 7.57. The van der Waals surface area contributed by atoms with Gasteiger partial charge in [0.2, 0.25) is 5.91 Å². The first kappa shape index (κ1) is 21.4. The first-order valence-corrected chi connectivity index (χ1v) is 11.6. The summed E-state index contributed by atoms with van der Waals surface area (Å²) in [7, 11) is 1.65. The predicted octanol–water partition coefficient (Wildman–Crippen LogP) is 4.60. The Labute approximate surface area is 187 Å². The molecule has 1 fully saturated rings. The predicted molar refractivity (Wildman–Crippen MR) is 124 cm³/mol. The lowest BCUT2D eigenvalue weighted by Crippen LogP contribution is -2.40. The number of carbonyl (C=O) groups is 1. The lowest BCUT2D eigenvalue weighted by molar-refractivity contribution is -0.130. The molecule has 7 heteroatoms. The van der Waals surface area contributed by atoms with Crippen LogP contribution in [0.5, 0.6) is 5.75 Å². The van der Waals surface area contributed by atoms with Crippen LogP contribution in [0.2, 0.25) is 0 Å². The third-order valence-corrected chi connectivity index (χ3v) is 6.52. The van der Waals surface area contributed by atoms with Gasteiger partial charge in [0, 0.05) is 18.8 Å². The van der Waals surface area contributed by atoms with Crippen molar-refractivity contribution in [2.24, 2.45) is 5.92 Å². The lowest BCUT2D eigenvalue weighted by Gasteiger charge is -2.30. The van der Waals surface area contributed by atoms with Crippen LogP contribution < -0.4 is 4.74 Å². The van der Waals surface area contributed by atoms with Crippen molar-refractivity contribution in [2.45, 2.75) is 31.8 Å². The molecule has 0 aliphatic carbocycles. The van der Waals surface area contributed by atoms with Crippen molar-refractivity contribution in [3.05, 3.63) is 54.1 Å².